The summed E-state index contributed by atoms with van der Waals surface area (Å²) in [6, 6.07) is 5.82. The van der Waals surface area contributed by atoms with E-state index >= 15 is 0 Å². The van der Waals surface area contributed by atoms with Crippen molar-refractivity contribution in [2.45, 2.75) is 0 Å². The Morgan fingerprint density at radius 3 is 1.96 bits per heavy atom. The monoisotopic (exact) mass is 368 g/mol. The molecule has 0 bridgehead atoms. The summed E-state index contributed by atoms with van der Waals surface area (Å²) in [7, 11) is 0. The van der Waals surface area contributed by atoms with E-state index in [0.717, 1.165) is 29.7 Å². The van der Waals surface area contributed by atoms with Gasteiger partial charge in [0, 0.05) is 23.3 Å². The largest absolute Gasteiger partial charge is 0.612 e. The predicted octanol–water partition coefficient (Wildman–Crippen LogP) is 4.24. The molecule has 2 aromatic carbocycles. The molecule has 7 heteroatoms. The summed E-state index contributed by atoms with van der Waals surface area (Å²) in [4.78, 5) is 11.7. The summed E-state index contributed by atoms with van der Waals surface area (Å²) in [6.07, 6.45) is 3.36. The molecule has 0 aliphatic heterocycles. The van der Waals surface area contributed by atoms with Gasteiger partial charge in [-0.25, -0.2) is 17.6 Å². The zero-order valence-corrected chi connectivity index (χ0v) is 13.5. The molecule has 0 heterocycles. The van der Waals surface area contributed by atoms with Gasteiger partial charge in [0.05, 0.1) is 0 Å². The van der Waals surface area contributed by atoms with Crippen LogP contribution in [0.2, 0.25) is 0 Å². The van der Waals surface area contributed by atoms with Crippen LogP contribution in [0.4, 0.5) is 17.6 Å². The van der Waals surface area contributed by atoms with E-state index in [-0.39, 0.29) is 11.1 Å². The van der Waals surface area contributed by atoms with E-state index in [0.29, 0.717) is 12.1 Å². The van der Waals surface area contributed by atoms with Gasteiger partial charge in [-0.05, 0) is 53.7 Å². The quantitative estimate of drug-likeness (QED) is 0.435. The highest BCUT2D eigenvalue weighted by atomic mass is 32.2. The van der Waals surface area contributed by atoms with E-state index in [1.165, 1.54) is 18.2 Å². The molecule has 1 unspecified atom stereocenters. The van der Waals surface area contributed by atoms with Crippen molar-refractivity contribution in [1.82, 2.24) is 0 Å². The van der Waals surface area contributed by atoms with Crippen molar-refractivity contribution in [3.63, 3.8) is 0 Å². The minimum atomic E-state index is -1.73. The average Bonchev–Trinajstić information content (AvgIpc) is 2.53. The lowest BCUT2D eigenvalue weighted by Gasteiger charge is -2.03. The number of benzene rings is 2. The van der Waals surface area contributed by atoms with Gasteiger partial charge >= 0.3 is 0 Å². The second-order valence-corrected chi connectivity index (χ2v) is 6.28. The Labute approximate surface area is 144 Å². The molecule has 0 radical (unpaired) electrons. The second-order valence-electron chi connectivity index (χ2n) is 4.96. The number of carbonyl (C=O) groups excluding carboxylic acids is 1. The standard InChI is InChI=1S/C18H12F4O2S/c19-14-4-1-12(17(21)9-14)3-6-16(23)11-25(24)8-7-13-2-5-15(20)10-18(13)22/h1-10H,11H2/b6-3?,8-7+. The summed E-state index contributed by atoms with van der Waals surface area (Å²) in [5, 5.41) is 1.11. The molecule has 25 heavy (non-hydrogen) atoms. The molecule has 0 aliphatic carbocycles. The fourth-order valence-corrected chi connectivity index (χ4v) is 2.61. The second kappa shape index (κ2) is 8.64. The Balaban J connectivity index is 1.95. The average molecular weight is 368 g/mol. The molecule has 0 aliphatic rings. The summed E-state index contributed by atoms with van der Waals surface area (Å²) < 4.78 is 64.1. The molecule has 1 atom stereocenters. The zero-order valence-electron chi connectivity index (χ0n) is 12.7. The number of hydrogen-bond acceptors (Lipinski definition) is 2. The maximum absolute atomic E-state index is 13.4. The van der Waals surface area contributed by atoms with Crippen LogP contribution in [-0.2, 0) is 16.0 Å². The van der Waals surface area contributed by atoms with Gasteiger partial charge in [0.25, 0.3) is 0 Å². The maximum atomic E-state index is 13.4. The van der Waals surface area contributed by atoms with Gasteiger partial charge < -0.3 is 4.55 Å². The Bertz CT molecular complexity index is 834. The molecule has 0 amide bonds. The summed E-state index contributed by atoms with van der Waals surface area (Å²) >= 11 is -1.73. The Morgan fingerprint density at radius 1 is 0.920 bits per heavy atom. The molecule has 0 saturated carbocycles. The highest BCUT2D eigenvalue weighted by Crippen LogP contribution is 2.13. The van der Waals surface area contributed by atoms with Crippen LogP contribution in [0.5, 0.6) is 0 Å². The Morgan fingerprint density at radius 2 is 1.44 bits per heavy atom. The molecule has 0 aromatic heterocycles. The normalized spacial score (nSPS) is 12.8. The minimum Gasteiger partial charge on any atom is -0.612 e. The van der Waals surface area contributed by atoms with Crippen molar-refractivity contribution in [1.29, 1.82) is 0 Å². The lowest BCUT2D eigenvalue weighted by molar-refractivity contribution is -0.112. The van der Waals surface area contributed by atoms with Crippen molar-refractivity contribution in [3.8, 4) is 0 Å². The van der Waals surface area contributed by atoms with Gasteiger partial charge in [0.2, 0.25) is 5.78 Å². The highest BCUT2D eigenvalue weighted by molar-refractivity contribution is 7.95. The Kier molecular flexibility index (Phi) is 6.55. The summed E-state index contributed by atoms with van der Waals surface area (Å²) in [5.41, 5.74) is 0.0515. The molecule has 130 valence electrons. The first-order chi connectivity index (χ1) is 11.8. The third-order valence-corrected chi connectivity index (χ3v) is 4.07. The van der Waals surface area contributed by atoms with E-state index in [9.17, 15) is 26.9 Å². The summed E-state index contributed by atoms with van der Waals surface area (Å²) in [5.74, 6) is -4.04. The molecular weight excluding hydrogens is 356 g/mol. The molecule has 0 N–H and O–H groups in total. The third-order valence-electron chi connectivity index (χ3n) is 3.06. The Hall–Kier alpha value is -2.38. The van der Waals surface area contributed by atoms with Gasteiger partial charge in [-0.2, -0.15) is 0 Å². The van der Waals surface area contributed by atoms with E-state index < -0.39 is 46.0 Å². The molecule has 0 spiro atoms. The number of halogens is 4. The van der Waals surface area contributed by atoms with Gasteiger partial charge in [-0.15, -0.1) is 0 Å². The first kappa shape index (κ1) is 19.0. The molecule has 2 nitrogen and oxygen atoms in total. The van der Waals surface area contributed by atoms with Gasteiger partial charge in [-0.3, -0.25) is 4.79 Å². The van der Waals surface area contributed by atoms with Gasteiger partial charge in [0.15, 0.2) is 5.75 Å². The van der Waals surface area contributed by atoms with Crippen molar-refractivity contribution < 1.29 is 26.9 Å². The third kappa shape index (κ3) is 5.88. The number of carbonyl (C=O) groups is 1. The van der Waals surface area contributed by atoms with E-state index in [4.69, 9.17) is 0 Å². The minimum absolute atomic E-state index is 0.0180. The lowest BCUT2D eigenvalue weighted by Crippen LogP contribution is -2.11. The topological polar surface area (TPSA) is 40.1 Å². The van der Waals surface area contributed by atoms with Crippen molar-refractivity contribution in [2.24, 2.45) is 0 Å². The number of allylic oxidation sites excluding steroid dienone is 1. The highest BCUT2D eigenvalue weighted by Gasteiger charge is 2.09. The van der Waals surface area contributed by atoms with Crippen molar-refractivity contribution in [3.05, 3.63) is 82.3 Å². The van der Waals surface area contributed by atoms with E-state index in [1.807, 2.05) is 0 Å². The van der Waals surface area contributed by atoms with E-state index in [1.54, 1.807) is 0 Å². The smallest absolute Gasteiger partial charge is 0.205 e. The van der Waals surface area contributed by atoms with Crippen molar-refractivity contribution >= 4 is 29.1 Å². The van der Waals surface area contributed by atoms with Crippen LogP contribution in [0.1, 0.15) is 11.1 Å². The number of ketones is 1. The van der Waals surface area contributed by atoms with E-state index in [2.05, 4.69) is 0 Å². The van der Waals surface area contributed by atoms with Crippen LogP contribution in [0, 0.1) is 23.3 Å². The van der Waals surface area contributed by atoms with Crippen molar-refractivity contribution in [2.75, 3.05) is 5.75 Å². The van der Waals surface area contributed by atoms with Crippen LogP contribution in [0.15, 0.2) is 47.9 Å². The summed E-state index contributed by atoms with van der Waals surface area (Å²) in [6.45, 7) is 0. The first-order valence-electron chi connectivity index (χ1n) is 7.01. The zero-order chi connectivity index (χ0) is 18.4. The van der Waals surface area contributed by atoms with Crippen LogP contribution in [0.3, 0.4) is 0 Å². The number of rotatable bonds is 6. The fourth-order valence-electron chi connectivity index (χ4n) is 1.84. The fraction of sp³-hybridized carbons (Fsp3) is 0.0556. The molecule has 0 saturated heterocycles. The maximum Gasteiger partial charge on any atom is 0.205 e. The van der Waals surface area contributed by atoms with Gasteiger partial charge in [0.1, 0.15) is 28.7 Å². The van der Waals surface area contributed by atoms with Gasteiger partial charge in [-0.1, -0.05) is 0 Å². The first-order valence-corrected chi connectivity index (χ1v) is 8.40. The van der Waals surface area contributed by atoms with Crippen LogP contribution < -0.4 is 0 Å². The molecule has 0 fully saturated rings. The SMILES string of the molecule is O=C(C=Cc1ccc(F)cc1F)C[S+]([O-])/C=C/c1ccc(F)cc1F. The predicted molar refractivity (Wildman–Crippen MR) is 88.8 cm³/mol. The van der Waals surface area contributed by atoms with Crippen LogP contribution in [0.25, 0.3) is 12.2 Å². The van der Waals surface area contributed by atoms with Crippen LogP contribution >= 0.6 is 0 Å². The lowest BCUT2D eigenvalue weighted by atomic mass is 10.2. The van der Waals surface area contributed by atoms with Crippen LogP contribution in [-0.4, -0.2) is 16.1 Å². The molecular formula is C18H12F4O2S. The number of hydrogen-bond donors (Lipinski definition) is 0. The molecule has 2 aromatic rings. The molecule has 2 rings (SSSR count).